The molecule has 2 rings (SSSR count). The zero-order chi connectivity index (χ0) is 14.0. The Bertz CT molecular complexity index is 644. The average molecular weight is 299 g/mol. The predicted octanol–water partition coefficient (Wildman–Crippen LogP) is 3.35. The molecule has 0 radical (unpaired) electrons. The standard InChI is InChI=1S/C13H12Cl2N2O2/c1-3-19-13(18)6-10-7(2)16-11-4-8(14)9(15)5-12(11)17-10/h4-5H,3,6H2,1-2H3. The molecule has 100 valence electrons. The number of hydrogen-bond acceptors (Lipinski definition) is 4. The summed E-state index contributed by atoms with van der Waals surface area (Å²) in [7, 11) is 0. The van der Waals surface area contributed by atoms with Gasteiger partial charge in [-0.1, -0.05) is 23.2 Å². The Morgan fingerprint density at radius 2 is 1.79 bits per heavy atom. The molecule has 1 aromatic carbocycles. The van der Waals surface area contributed by atoms with Crippen molar-refractivity contribution >= 4 is 40.2 Å². The van der Waals surface area contributed by atoms with E-state index in [0.29, 0.717) is 39.1 Å². The number of hydrogen-bond donors (Lipinski definition) is 0. The molecular formula is C13H12Cl2N2O2. The van der Waals surface area contributed by atoms with Crippen LogP contribution in [0.5, 0.6) is 0 Å². The van der Waals surface area contributed by atoms with Crippen LogP contribution < -0.4 is 0 Å². The van der Waals surface area contributed by atoms with Crippen molar-refractivity contribution in [1.82, 2.24) is 9.97 Å². The van der Waals surface area contributed by atoms with Crippen LogP contribution in [-0.4, -0.2) is 22.5 Å². The van der Waals surface area contributed by atoms with Crippen molar-refractivity contribution in [3.63, 3.8) is 0 Å². The van der Waals surface area contributed by atoms with Gasteiger partial charge in [-0.05, 0) is 26.0 Å². The van der Waals surface area contributed by atoms with Gasteiger partial charge in [0.25, 0.3) is 0 Å². The van der Waals surface area contributed by atoms with Gasteiger partial charge in [0, 0.05) is 0 Å². The minimum atomic E-state index is -0.320. The fraction of sp³-hybridized carbons (Fsp3) is 0.308. The van der Waals surface area contributed by atoms with E-state index in [4.69, 9.17) is 27.9 Å². The molecule has 4 nitrogen and oxygen atoms in total. The monoisotopic (exact) mass is 298 g/mol. The van der Waals surface area contributed by atoms with Crippen LogP contribution in [-0.2, 0) is 16.0 Å². The second-order valence-corrected chi connectivity index (χ2v) is 4.81. The molecule has 0 aliphatic heterocycles. The highest BCUT2D eigenvalue weighted by atomic mass is 35.5. The summed E-state index contributed by atoms with van der Waals surface area (Å²) in [6, 6.07) is 3.30. The van der Waals surface area contributed by atoms with Crippen LogP contribution in [0.15, 0.2) is 12.1 Å². The van der Waals surface area contributed by atoms with E-state index in [1.807, 2.05) is 0 Å². The van der Waals surface area contributed by atoms with Crippen molar-refractivity contribution < 1.29 is 9.53 Å². The molecule has 19 heavy (non-hydrogen) atoms. The number of carbonyl (C=O) groups excluding carboxylic acids is 1. The van der Waals surface area contributed by atoms with Crippen LogP contribution in [0.3, 0.4) is 0 Å². The third-order valence-electron chi connectivity index (χ3n) is 2.60. The topological polar surface area (TPSA) is 52.1 Å². The van der Waals surface area contributed by atoms with Crippen molar-refractivity contribution in [3.05, 3.63) is 33.6 Å². The molecule has 0 unspecified atom stereocenters. The molecular weight excluding hydrogens is 287 g/mol. The second-order valence-electron chi connectivity index (χ2n) is 3.99. The van der Waals surface area contributed by atoms with Gasteiger partial charge in [-0.15, -0.1) is 0 Å². The minimum Gasteiger partial charge on any atom is -0.466 e. The Hall–Kier alpha value is -1.39. The van der Waals surface area contributed by atoms with E-state index in [1.165, 1.54) is 0 Å². The molecule has 0 atom stereocenters. The lowest BCUT2D eigenvalue weighted by Crippen LogP contribution is -2.11. The van der Waals surface area contributed by atoms with Crippen molar-refractivity contribution in [1.29, 1.82) is 0 Å². The molecule has 0 N–H and O–H groups in total. The maximum atomic E-state index is 11.5. The van der Waals surface area contributed by atoms with Gasteiger partial charge >= 0.3 is 5.97 Å². The van der Waals surface area contributed by atoms with Crippen molar-refractivity contribution in [2.24, 2.45) is 0 Å². The van der Waals surface area contributed by atoms with Gasteiger partial charge in [0.2, 0.25) is 0 Å². The zero-order valence-electron chi connectivity index (χ0n) is 10.5. The van der Waals surface area contributed by atoms with Gasteiger partial charge in [0.1, 0.15) is 0 Å². The summed E-state index contributed by atoms with van der Waals surface area (Å²) in [6.45, 7) is 3.91. The Morgan fingerprint density at radius 1 is 1.21 bits per heavy atom. The van der Waals surface area contributed by atoms with E-state index in [0.717, 1.165) is 0 Å². The SMILES string of the molecule is CCOC(=O)Cc1nc2cc(Cl)c(Cl)cc2nc1C. The van der Waals surface area contributed by atoms with Crippen LogP contribution in [0.25, 0.3) is 11.0 Å². The summed E-state index contributed by atoms with van der Waals surface area (Å²) < 4.78 is 4.90. The van der Waals surface area contributed by atoms with Gasteiger partial charge < -0.3 is 4.74 Å². The first-order valence-corrected chi connectivity index (χ1v) is 6.54. The molecule has 2 aromatic rings. The normalized spacial score (nSPS) is 10.7. The number of ether oxygens (including phenoxy) is 1. The van der Waals surface area contributed by atoms with E-state index in [9.17, 15) is 4.79 Å². The second kappa shape index (κ2) is 5.72. The largest absolute Gasteiger partial charge is 0.466 e. The van der Waals surface area contributed by atoms with Gasteiger partial charge in [0.05, 0.1) is 45.5 Å². The van der Waals surface area contributed by atoms with Crippen molar-refractivity contribution in [2.75, 3.05) is 6.61 Å². The van der Waals surface area contributed by atoms with Gasteiger partial charge in [0.15, 0.2) is 0 Å². The van der Waals surface area contributed by atoms with Crippen LogP contribution >= 0.6 is 23.2 Å². The zero-order valence-corrected chi connectivity index (χ0v) is 12.0. The summed E-state index contributed by atoms with van der Waals surface area (Å²) in [5.41, 5.74) is 2.53. The number of fused-ring (bicyclic) bond motifs is 1. The molecule has 6 heteroatoms. The Kier molecular flexibility index (Phi) is 4.22. The number of aromatic nitrogens is 2. The van der Waals surface area contributed by atoms with E-state index >= 15 is 0 Å². The molecule has 0 bridgehead atoms. The highest BCUT2D eigenvalue weighted by Crippen LogP contribution is 2.26. The third-order valence-corrected chi connectivity index (χ3v) is 3.32. The summed E-state index contributed by atoms with van der Waals surface area (Å²) in [5, 5.41) is 0.843. The predicted molar refractivity (Wildman–Crippen MR) is 74.6 cm³/mol. The van der Waals surface area contributed by atoms with Gasteiger partial charge in [-0.2, -0.15) is 0 Å². The first kappa shape index (κ1) is 14.0. The number of nitrogens with zero attached hydrogens (tertiary/aromatic N) is 2. The first-order valence-electron chi connectivity index (χ1n) is 5.79. The average Bonchev–Trinajstić information content (AvgIpc) is 2.33. The number of esters is 1. The van der Waals surface area contributed by atoms with E-state index in [1.54, 1.807) is 26.0 Å². The highest BCUT2D eigenvalue weighted by molar-refractivity contribution is 6.42. The van der Waals surface area contributed by atoms with Crippen molar-refractivity contribution in [2.45, 2.75) is 20.3 Å². The third kappa shape index (κ3) is 3.14. The molecule has 0 saturated carbocycles. The van der Waals surface area contributed by atoms with Crippen LogP contribution in [0.4, 0.5) is 0 Å². The molecule has 0 aliphatic rings. The highest BCUT2D eigenvalue weighted by Gasteiger charge is 2.12. The van der Waals surface area contributed by atoms with E-state index in [-0.39, 0.29) is 12.4 Å². The van der Waals surface area contributed by atoms with Crippen LogP contribution in [0, 0.1) is 6.92 Å². The molecule has 0 spiro atoms. The molecule has 1 aromatic heterocycles. The number of benzene rings is 1. The van der Waals surface area contributed by atoms with Crippen LogP contribution in [0.2, 0.25) is 10.0 Å². The Balaban J connectivity index is 2.43. The molecule has 0 saturated heterocycles. The fourth-order valence-electron chi connectivity index (χ4n) is 1.69. The van der Waals surface area contributed by atoms with Gasteiger partial charge in [-0.3, -0.25) is 4.79 Å². The van der Waals surface area contributed by atoms with E-state index < -0.39 is 0 Å². The molecule has 0 fully saturated rings. The summed E-state index contributed by atoms with van der Waals surface area (Å²) in [4.78, 5) is 20.3. The maximum absolute atomic E-state index is 11.5. The number of halogens is 2. The molecule has 0 aliphatic carbocycles. The number of aryl methyl sites for hydroxylation is 1. The summed E-state index contributed by atoms with van der Waals surface area (Å²) in [6.07, 6.45) is 0.100. The van der Waals surface area contributed by atoms with Crippen LogP contribution in [0.1, 0.15) is 18.3 Å². The lowest BCUT2D eigenvalue weighted by Gasteiger charge is -2.07. The Labute approximate surface area is 120 Å². The molecule has 0 amide bonds. The first-order chi connectivity index (χ1) is 9.01. The Morgan fingerprint density at radius 3 is 2.37 bits per heavy atom. The smallest absolute Gasteiger partial charge is 0.311 e. The quantitative estimate of drug-likeness (QED) is 0.816. The number of carbonyl (C=O) groups is 1. The lowest BCUT2D eigenvalue weighted by molar-refractivity contribution is -0.142. The minimum absolute atomic E-state index is 0.100. The molecule has 1 heterocycles. The summed E-state index contributed by atoms with van der Waals surface area (Å²) >= 11 is 11.9. The fourth-order valence-corrected chi connectivity index (χ4v) is 2.01. The van der Waals surface area contributed by atoms with Gasteiger partial charge in [-0.25, -0.2) is 9.97 Å². The van der Waals surface area contributed by atoms with E-state index in [2.05, 4.69) is 9.97 Å². The number of rotatable bonds is 3. The summed E-state index contributed by atoms with van der Waals surface area (Å²) in [5.74, 6) is -0.320. The maximum Gasteiger partial charge on any atom is 0.311 e. The van der Waals surface area contributed by atoms with Crippen molar-refractivity contribution in [3.8, 4) is 0 Å². The lowest BCUT2D eigenvalue weighted by atomic mass is 10.2.